The Labute approximate surface area is 258 Å². The predicted octanol–water partition coefficient (Wildman–Crippen LogP) is 2.73. The van der Waals surface area contributed by atoms with Crippen molar-refractivity contribution in [1.29, 1.82) is 0 Å². The first-order valence-corrected chi connectivity index (χ1v) is 14.2. The smallest absolute Gasteiger partial charge is 0.330 e. The van der Waals surface area contributed by atoms with Crippen LogP contribution in [-0.2, 0) is 29.3 Å². The molecule has 0 radical (unpaired) electrons. The Kier molecular flexibility index (Phi) is 9.79. The molecule has 12 heteroatoms. The lowest BCUT2D eigenvalue weighted by molar-refractivity contribution is -0.169. The van der Waals surface area contributed by atoms with Gasteiger partial charge in [-0.3, -0.25) is 19.1 Å². The second kappa shape index (κ2) is 13.9. The van der Waals surface area contributed by atoms with E-state index in [1.807, 2.05) is 78.9 Å². The Morgan fingerprint density at radius 2 is 1.47 bits per heavy atom. The van der Waals surface area contributed by atoms with E-state index in [0.29, 0.717) is 11.5 Å². The minimum Gasteiger partial charge on any atom is -0.497 e. The highest BCUT2D eigenvalue weighted by Gasteiger charge is 2.48. The van der Waals surface area contributed by atoms with Gasteiger partial charge in [-0.1, -0.05) is 54.6 Å². The summed E-state index contributed by atoms with van der Waals surface area (Å²) in [5.74, 6) is 0.728. The SMILES string of the molecule is COc1ccc(C(OC[C@H]2O[C@@H](n3ccc(=O)[nH]c3=O)[C@H](OCOC(C)=O)[C@@H]2O)(c2ccccc2)c2ccc(OC)cc2)cc1. The number of benzene rings is 3. The van der Waals surface area contributed by atoms with E-state index in [2.05, 4.69) is 4.98 Å². The normalized spacial score (nSPS) is 19.6. The van der Waals surface area contributed by atoms with Crippen molar-refractivity contribution in [2.75, 3.05) is 27.6 Å². The van der Waals surface area contributed by atoms with Crippen LogP contribution in [0, 0.1) is 0 Å². The maximum Gasteiger partial charge on any atom is 0.330 e. The second-order valence-corrected chi connectivity index (χ2v) is 10.3. The molecule has 1 fully saturated rings. The molecule has 236 valence electrons. The standard InChI is InChI=1S/C33H34N2O10/c1-21(36)42-20-43-30-29(38)27(45-31(30)35-18-17-28(37)34-32(35)39)19-44-33(22-7-5-4-6-8-22,23-9-13-25(40-2)14-10-23)24-11-15-26(41-3)16-12-24/h4-18,27,29-31,38H,19-20H2,1-3H3,(H,34,37,39)/t27-,29-,30-,31-/m1/s1. The fourth-order valence-electron chi connectivity index (χ4n) is 5.36. The lowest BCUT2D eigenvalue weighted by atomic mass is 9.80. The van der Waals surface area contributed by atoms with Crippen LogP contribution in [0.3, 0.4) is 0 Å². The van der Waals surface area contributed by atoms with E-state index in [4.69, 9.17) is 28.4 Å². The van der Waals surface area contributed by atoms with Crippen molar-refractivity contribution in [3.8, 4) is 11.5 Å². The average molecular weight is 619 g/mol. The molecule has 0 bridgehead atoms. The molecule has 0 aliphatic carbocycles. The van der Waals surface area contributed by atoms with Gasteiger partial charge in [-0.2, -0.15) is 0 Å². The molecule has 45 heavy (non-hydrogen) atoms. The monoisotopic (exact) mass is 618 g/mol. The molecule has 1 aliphatic heterocycles. The number of esters is 1. The van der Waals surface area contributed by atoms with Crippen LogP contribution in [0.1, 0.15) is 29.8 Å². The van der Waals surface area contributed by atoms with Crippen LogP contribution < -0.4 is 20.7 Å². The quantitative estimate of drug-likeness (QED) is 0.138. The van der Waals surface area contributed by atoms with Gasteiger partial charge in [0.05, 0.1) is 20.8 Å². The van der Waals surface area contributed by atoms with Crippen LogP contribution in [0.15, 0.2) is 101 Å². The summed E-state index contributed by atoms with van der Waals surface area (Å²) in [6, 6.07) is 25.7. The van der Waals surface area contributed by atoms with Crippen molar-refractivity contribution < 1.29 is 38.3 Å². The molecule has 2 N–H and O–H groups in total. The summed E-state index contributed by atoms with van der Waals surface area (Å²) >= 11 is 0. The molecule has 5 rings (SSSR count). The van der Waals surface area contributed by atoms with Crippen LogP contribution in [0.25, 0.3) is 0 Å². The highest BCUT2D eigenvalue weighted by atomic mass is 16.7. The molecular weight excluding hydrogens is 584 g/mol. The summed E-state index contributed by atoms with van der Waals surface area (Å²) in [7, 11) is 3.17. The average Bonchev–Trinajstić information content (AvgIpc) is 3.36. The van der Waals surface area contributed by atoms with Gasteiger partial charge in [0, 0.05) is 19.2 Å². The zero-order valence-corrected chi connectivity index (χ0v) is 25.0. The molecule has 4 aromatic rings. The molecule has 0 spiro atoms. The molecule has 0 saturated carbocycles. The number of aromatic nitrogens is 2. The molecular formula is C33H34N2O10. The van der Waals surface area contributed by atoms with E-state index in [1.54, 1.807) is 14.2 Å². The Bertz CT molecular complexity index is 1640. The zero-order chi connectivity index (χ0) is 32.0. The number of ether oxygens (including phenoxy) is 6. The number of rotatable bonds is 12. The number of hydrogen-bond donors (Lipinski definition) is 2. The Morgan fingerprint density at radius 1 is 0.889 bits per heavy atom. The van der Waals surface area contributed by atoms with Gasteiger partial charge in [-0.05, 0) is 41.0 Å². The van der Waals surface area contributed by atoms with Crippen LogP contribution in [0.2, 0.25) is 0 Å². The number of aromatic amines is 1. The minimum atomic E-state index is -1.33. The maximum atomic E-state index is 12.7. The van der Waals surface area contributed by atoms with Gasteiger partial charge >= 0.3 is 11.7 Å². The van der Waals surface area contributed by atoms with E-state index in [1.165, 1.54) is 13.1 Å². The minimum absolute atomic E-state index is 0.170. The summed E-state index contributed by atoms with van der Waals surface area (Å²) < 4.78 is 35.6. The van der Waals surface area contributed by atoms with E-state index in [0.717, 1.165) is 27.3 Å². The second-order valence-electron chi connectivity index (χ2n) is 10.3. The Morgan fingerprint density at radius 3 is 2.00 bits per heavy atom. The molecule has 0 unspecified atom stereocenters. The highest BCUT2D eigenvalue weighted by molar-refractivity contribution is 5.65. The summed E-state index contributed by atoms with van der Waals surface area (Å²) in [5.41, 5.74) is -0.240. The summed E-state index contributed by atoms with van der Waals surface area (Å²) in [5, 5.41) is 11.4. The highest BCUT2D eigenvalue weighted by Crippen LogP contribution is 2.43. The van der Waals surface area contributed by atoms with Crippen LogP contribution >= 0.6 is 0 Å². The Balaban J connectivity index is 1.55. The first-order chi connectivity index (χ1) is 21.8. The van der Waals surface area contributed by atoms with Crippen molar-refractivity contribution in [1.82, 2.24) is 9.55 Å². The molecule has 1 saturated heterocycles. The van der Waals surface area contributed by atoms with Crippen LogP contribution in [0.5, 0.6) is 11.5 Å². The lowest BCUT2D eigenvalue weighted by Gasteiger charge is -2.37. The van der Waals surface area contributed by atoms with Gasteiger partial charge in [0.2, 0.25) is 0 Å². The van der Waals surface area contributed by atoms with Crippen LogP contribution in [-0.4, -0.2) is 66.6 Å². The van der Waals surface area contributed by atoms with Crippen molar-refractivity contribution in [3.05, 3.63) is 129 Å². The fraction of sp³-hybridized carbons (Fsp3) is 0.303. The van der Waals surface area contributed by atoms with E-state index >= 15 is 0 Å². The molecule has 1 aromatic heterocycles. The van der Waals surface area contributed by atoms with Gasteiger partial charge in [0.15, 0.2) is 13.0 Å². The summed E-state index contributed by atoms with van der Waals surface area (Å²) in [6.45, 7) is 0.553. The first-order valence-electron chi connectivity index (χ1n) is 14.2. The maximum absolute atomic E-state index is 12.7. The summed E-state index contributed by atoms with van der Waals surface area (Å²) in [6.07, 6.45) is -3.44. The number of carbonyl (C=O) groups is 1. The number of hydrogen-bond acceptors (Lipinski definition) is 10. The number of H-pyrrole nitrogens is 1. The molecule has 12 nitrogen and oxygen atoms in total. The van der Waals surface area contributed by atoms with E-state index in [-0.39, 0.29) is 6.61 Å². The van der Waals surface area contributed by atoms with Crippen molar-refractivity contribution in [2.24, 2.45) is 0 Å². The Hall–Kier alpha value is -4.75. The third kappa shape index (κ3) is 6.69. The van der Waals surface area contributed by atoms with E-state index in [9.17, 15) is 19.5 Å². The molecule has 3 aromatic carbocycles. The van der Waals surface area contributed by atoms with Gasteiger partial charge in [0.25, 0.3) is 5.56 Å². The lowest BCUT2D eigenvalue weighted by Crippen LogP contribution is -2.41. The van der Waals surface area contributed by atoms with Gasteiger partial charge < -0.3 is 33.5 Å². The van der Waals surface area contributed by atoms with Crippen LogP contribution in [0.4, 0.5) is 0 Å². The van der Waals surface area contributed by atoms with Crippen molar-refractivity contribution in [3.63, 3.8) is 0 Å². The fourth-order valence-corrected chi connectivity index (χ4v) is 5.36. The number of aliphatic hydroxyl groups excluding tert-OH is 1. The molecule has 2 heterocycles. The van der Waals surface area contributed by atoms with E-state index < -0.39 is 54.2 Å². The molecule has 0 amide bonds. The van der Waals surface area contributed by atoms with Crippen molar-refractivity contribution in [2.45, 2.75) is 37.1 Å². The third-order valence-corrected chi connectivity index (χ3v) is 7.60. The molecule has 4 atom stereocenters. The topological polar surface area (TPSA) is 148 Å². The third-order valence-electron chi connectivity index (χ3n) is 7.60. The number of nitrogens with zero attached hydrogens (tertiary/aromatic N) is 1. The van der Waals surface area contributed by atoms with Gasteiger partial charge in [0.1, 0.15) is 35.4 Å². The van der Waals surface area contributed by atoms with Gasteiger partial charge in [-0.15, -0.1) is 0 Å². The first kappa shape index (κ1) is 31.7. The number of nitrogens with one attached hydrogen (secondary N) is 1. The number of aliphatic hydroxyl groups is 1. The summed E-state index contributed by atoms with van der Waals surface area (Å²) in [4.78, 5) is 38.0. The largest absolute Gasteiger partial charge is 0.497 e. The molecule has 1 aliphatic rings. The number of methoxy groups -OCH3 is 2. The number of carbonyl (C=O) groups excluding carboxylic acids is 1. The zero-order valence-electron chi connectivity index (χ0n) is 25.0. The van der Waals surface area contributed by atoms with Crippen molar-refractivity contribution >= 4 is 5.97 Å². The van der Waals surface area contributed by atoms with Gasteiger partial charge in [-0.25, -0.2) is 4.79 Å². The predicted molar refractivity (Wildman–Crippen MR) is 161 cm³/mol.